The number of rotatable bonds is 3. The Balaban J connectivity index is 1.70. The highest BCUT2D eigenvalue weighted by atomic mass is 19.3. The Bertz CT molecular complexity index is 558. The van der Waals surface area contributed by atoms with Crippen LogP contribution in [-0.2, 0) is 11.3 Å². The Morgan fingerprint density at radius 1 is 1.18 bits per heavy atom. The Morgan fingerprint density at radius 2 is 1.91 bits per heavy atom. The molecule has 1 saturated heterocycles. The molecule has 1 atom stereocenters. The number of alkyl halides is 2. The van der Waals surface area contributed by atoms with Crippen LogP contribution in [-0.4, -0.2) is 30.4 Å². The standard InChI is InChI=1S/C17H21F2NO2/c1-22-14-5-3-13(4-6-14)11-20-10-9-16(15(20)21)7-2-8-17(18,19)12-16/h3-6H,2,7-12H2,1H3. The van der Waals surface area contributed by atoms with Crippen molar-refractivity contribution in [2.45, 2.75) is 44.6 Å². The van der Waals surface area contributed by atoms with Gasteiger partial charge in [0, 0.05) is 25.9 Å². The molecule has 1 aliphatic carbocycles. The van der Waals surface area contributed by atoms with Gasteiger partial charge in [0.05, 0.1) is 12.5 Å². The van der Waals surface area contributed by atoms with Gasteiger partial charge in [-0.15, -0.1) is 0 Å². The number of carbonyl (C=O) groups is 1. The topological polar surface area (TPSA) is 29.5 Å². The summed E-state index contributed by atoms with van der Waals surface area (Å²) in [6.45, 7) is 1.05. The van der Waals surface area contributed by atoms with Gasteiger partial charge >= 0.3 is 0 Å². The summed E-state index contributed by atoms with van der Waals surface area (Å²) in [5.41, 5.74) is 0.169. The van der Waals surface area contributed by atoms with Crippen molar-refractivity contribution in [1.82, 2.24) is 4.90 Å². The molecular weight excluding hydrogens is 288 g/mol. The van der Waals surface area contributed by atoms with Gasteiger partial charge in [0.2, 0.25) is 11.8 Å². The maximum Gasteiger partial charge on any atom is 0.249 e. The van der Waals surface area contributed by atoms with E-state index in [1.165, 1.54) is 0 Å². The van der Waals surface area contributed by atoms with Crippen LogP contribution in [0.4, 0.5) is 8.78 Å². The van der Waals surface area contributed by atoms with Crippen LogP contribution in [0.1, 0.15) is 37.7 Å². The van der Waals surface area contributed by atoms with Crippen LogP contribution >= 0.6 is 0 Å². The molecule has 1 saturated carbocycles. The van der Waals surface area contributed by atoms with Crippen LogP contribution in [0.2, 0.25) is 0 Å². The Labute approximate surface area is 129 Å². The average Bonchev–Trinajstić information content (AvgIpc) is 2.76. The predicted molar refractivity (Wildman–Crippen MR) is 78.9 cm³/mol. The van der Waals surface area contributed by atoms with Gasteiger partial charge in [-0.2, -0.15) is 0 Å². The molecule has 2 fully saturated rings. The number of hydrogen-bond acceptors (Lipinski definition) is 2. The van der Waals surface area contributed by atoms with Crippen molar-refractivity contribution in [3.63, 3.8) is 0 Å². The molecule has 3 rings (SSSR count). The summed E-state index contributed by atoms with van der Waals surface area (Å²) in [7, 11) is 1.60. The zero-order chi connectivity index (χ0) is 15.8. The molecule has 0 bridgehead atoms. The minimum atomic E-state index is -2.69. The number of ether oxygens (including phenoxy) is 1. The van der Waals surface area contributed by atoms with Gasteiger partial charge in [-0.3, -0.25) is 4.79 Å². The molecule has 1 unspecified atom stereocenters. The SMILES string of the molecule is COc1ccc(CN2CCC3(CCCC(F)(F)C3)C2=O)cc1. The minimum absolute atomic E-state index is 0.0828. The molecule has 1 aromatic carbocycles. The third-order valence-electron chi connectivity index (χ3n) is 4.93. The van der Waals surface area contributed by atoms with Gasteiger partial charge in [-0.25, -0.2) is 8.78 Å². The van der Waals surface area contributed by atoms with Crippen LogP contribution < -0.4 is 4.74 Å². The van der Waals surface area contributed by atoms with Crippen molar-refractivity contribution in [1.29, 1.82) is 0 Å². The van der Waals surface area contributed by atoms with E-state index in [4.69, 9.17) is 4.74 Å². The van der Waals surface area contributed by atoms with Crippen molar-refractivity contribution in [2.24, 2.45) is 5.41 Å². The largest absolute Gasteiger partial charge is 0.497 e. The normalized spacial score (nSPS) is 27.4. The number of hydrogen-bond donors (Lipinski definition) is 0. The first-order chi connectivity index (χ1) is 10.4. The molecular formula is C17H21F2NO2. The molecule has 1 amide bonds. The van der Waals surface area contributed by atoms with Crippen LogP contribution in [0.5, 0.6) is 5.75 Å². The van der Waals surface area contributed by atoms with Crippen molar-refractivity contribution >= 4 is 5.91 Å². The third-order valence-corrected chi connectivity index (χ3v) is 4.93. The van der Waals surface area contributed by atoms with Crippen molar-refractivity contribution < 1.29 is 18.3 Å². The molecule has 120 valence electrons. The summed E-state index contributed by atoms with van der Waals surface area (Å²) in [6, 6.07) is 7.51. The number of methoxy groups -OCH3 is 1. The molecule has 0 radical (unpaired) electrons. The Kier molecular flexibility index (Phi) is 3.83. The van der Waals surface area contributed by atoms with Crippen molar-refractivity contribution in [3.05, 3.63) is 29.8 Å². The first-order valence-corrected chi connectivity index (χ1v) is 7.74. The number of benzene rings is 1. The average molecular weight is 309 g/mol. The van der Waals surface area contributed by atoms with E-state index in [0.717, 1.165) is 11.3 Å². The van der Waals surface area contributed by atoms with E-state index >= 15 is 0 Å². The monoisotopic (exact) mass is 309 g/mol. The van der Waals surface area contributed by atoms with E-state index in [9.17, 15) is 13.6 Å². The van der Waals surface area contributed by atoms with Crippen LogP contribution in [0.25, 0.3) is 0 Å². The smallest absolute Gasteiger partial charge is 0.249 e. The second-order valence-corrected chi connectivity index (χ2v) is 6.49. The lowest BCUT2D eigenvalue weighted by atomic mass is 9.71. The summed E-state index contributed by atoms with van der Waals surface area (Å²) < 4.78 is 32.6. The molecule has 1 spiro atoms. The van der Waals surface area contributed by atoms with E-state index in [0.29, 0.717) is 32.4 Å². The second kappa shape index (κ2) is 5.52. The molecule has 2 aliphatic rings. The molecule has 1 heterocycles. The number of likely N-dealkylation sites (tertiary alicyclic amines) is 1. The lowest BCUT2D eigenvalue weighted by molar-refractivity contribution is -0.147. The highest BCUT2D eigenvalue weighted by molar-refractivity contribution is 5.85. The van der Waals surface area contributed by atoms with E-state index in [-0.39, 0.29) is 18.7 Å². The summed E-state index contributed by atoms with van der Waals surface area (Å²) >= 11 is 0. The fraction of sp³-hybridized carbons (Fsp3) is 0.588. The number of amides is 1. The van der Waals surface area contributed by atoms with Crippen LogP contribution in [0.3, 0.4) is 0 Å². The number of halogens is 2. The number of carbonyl (C=O) groups excluding carboxylic acids is 1. The van der Waals surface area contributed by atoms with Gasteiger partial charge < -0.3 is 9.64 Å². The lowest BCUT2D eigenvalue weighted by Gasteiger charge is -2.36. The Hall–Kier alpha value is -1.65. The Morgan fingerprint density at radius 3 is 2.55 bits per heavy atom. The molecule has 1 aromatic rings. The summed E-state index contributed by atoms with van der Waals surface area (Å²) in [6.07, 6.45) is 1.23. The van der Waals surface area contributed by atoms with Crippen LogP contribution in [0.15, 0.2) is 24.3 Å². The minimum Gasteiger partial charge on any atom is -0.497 e. The first-order valence-electron chi connectivity index (χ1n) is 7.74. The summed E-state index contributed by atoms with van der Waals surface area (Å²) in [5.74, 6) is -2.02. The van der Waals surface area contributed by atoms with Gasteiger partial charge in [-0.05, 0) is 37.0 Å². The van der Waals surface area contributed by atoms with Gasteiger partial charge in [0.15, 0.2) is 0 Å². The van der Waals surface area contributed by atoms with E-state index < -0.39 is 11.3 Å². The molecule has 3 nitrogen and oxygen atoms in total. The zero-order valence-corrected chi connectivity index (χ0v) is 12.8. The van der Waals surface area contributed by atoms with Crippen LogP contribution in [0, 0.1) is 5.41 Å². The molecule has 0 N–H and O–H groups in total. The highest BCUT2D eigenvalue weighted by Gasteiger charge is 2.54. The molecule has 0 aromatic heterocycles. The van der Waals surface area contributed by atoms with Gasteiger partial charge in [0.1, 0.15) is 5.75 Å². The van der Waals surface area contributed by atoms with Gasteiger partial charge in [-0.1, -0.05) is 12.1 Å². The lowest BCUT2D eigenvalue weighted by Crippen LogP contribution is -2.41. The third kappa shape index (κ3) is 2.81. The predicted octanol–water partition coefficient (Wildman–Crippen LogP) is 3.62. The summed E-state index contributed by atoms with van der Waals surface area (Å²) in [4.78, 5) is 14.4. The van der Waals surface area contributed by atoms with Crippen molar-refractivity contribution in [3.8, 4) is 5.75 Å². The van der Waals surface area contributed by atoms with E-state index in [1.54, 1.807) is 12.0 Å². The fourth-order valence-corrected chi connectivity index (χ4v) is 3.75. The van der Waals surface area contributed by atoms with Crippen molar-refractivity contribution in [2.75, 3.05) is 13.7 Å². The van der Waals surface area contributed by atoms with E-state index in [1.807, 2.05) is 24.3 Å². The zero-order valence-electron chi connectivity index (χ0n) is 12.8. The van der Waals surface area contributed by atoms with Gasteiger partial charge in [0.25, 0.3) is 0 Å². The summed E-state index contributed by atoms with van der Waals surface area (Å²) in [5, 5.41) is 0. The maximum atomic E-state index is 13.7. The first kappa shape index (κ1) is 15.3. The molecule has 22 heavy (non-hydrogen) atoms. The number of nitrogens with zero attached hydrogens (tertiary/aromatic N) is 1. The second-order valence-electron chi connectivity index (χ2n) is 6.49. The quantitative estimate of drug-likeness (QED) is 0.853. The van der Waals surface area contributed by atoms with E-state index in [2.05, 4.69) is 0 Å². The molecule has 5 heteroatoms. The molecule has 1 aliphatic heterocycles. The maximum absolute atomic E-state index is 13.7. The highest BCUT2D eigenvalue weighted by Crippen LogP contribution is 2.50. The fourth-order valence-electron chi connectivity index (χ4n) is 3.75.